The molecule has 0 atom stereocenters. The maximum absolute atomic E-state index is 11.2. The Morgan fingerprint density at radius 1 is 0.952 bits per heavy atom. The molecule has 1 amide bonds. The van der Waals surface area contributed by atoms with Gasteiger partial charge < -0.3 is 29.4 Å². The van der Waals surface area contributed by atoms with Crippen molar-refractivity contribution in [2.45, 2.75) is 20.0 Å². The van der Waals surface area contributed by atoms with Gasteiger partial charge in [0.15, 0.2) is 0 Å². The van der Waals surface area contributed by atoms with Crippen molar-refractivity contribution in [1.82, 2.24) is 5.32 Å². The molecule has 21 heavy (non-hydrogen) atoms. The van der Waals surface area contributed by atoms with Gasteiger partial charge in [-0.2, -0.15) is 0 Å². The summed E-state index contributed by atoms with van der Waals surface area (Å²) in [4.78, 5) is 21.3. The largest absolute Gasteiger partial charge is 0.480 e. The highest BCUT2D eigenvalue weighted by molar-refractivity contribution is 5.77. The molecule has 0 spiro atoms. The van der Waals surface area contributed by atoms with Crippen molar-refractivity contribution >= 4 is 11.9 Å². The van der Waals surface area contributed by atoms with Crippen LogP contribution in [0.15, 0.2) is 0 Å². The first-order chi connectivity index (χ1) is 10.0. The minimum atomic E-state index is -1.11. The fourth-order valence-corrected chi connectivity index (χ4v) is 1.21. The fraction of sp³-hybridized carbons (Fsp3) is 0.846. The second kappa shape index (κ2) is 13.7. The third-order valence-electron chi connectivity index (χ3n) is 2.08. The molecular weight excluding hydrogens is 282 g/mol. The molecule has 0 aromatic heterocycles. The first-order valence-corrected chi connectivity index (χ1v) is 6.85. The van der Waals surface area contributed by atoms with E-state index < -0.39 is 12.6 Å². The first-order valence-electron chi connectivity index (χ1n) is 6.85. The van der Waals surface area contributed by atoms with Crippen LogP contribution in [-0.2, 0) is 28.5 Å². The highest BCUT2D eigenvalue weighted by atomic mass is 16.5. The number of hydrogen-bond acceptors (Lipinski definition) is 6. The van der Waals surface area contributed by atoms with E-state index in [9.17, 15) is 9.59 Å². The normalized spacial score (nSPS) is 10.8. The summed E-state index contributed by atoms with van der Waals surface area (Å²) < 4.78 is 20.4. The third kappa shape index (κ3) is 16.7. The molecule has 0 aliphatic heterocycles. The van der Waals surface area contributed by atoms with E-state index in [2.05, 4.69) is 10.1 Å². The highest BCUT2D eigenvalue weighted by Crippen LogP contribution is 1.87. The predicted molar refractivity (Wildman–Crippen MR) is 74.2 cm³/mol. The zero-order chi connectivity index (χ0) is 15.9. The lowest BCUT2D eigenvalue weighted by atomic mass is 10.5. The topological polar surface area (TPSA) is 103 Å². The lowest BCUT2D eigenvalue weighted by molar-refractivity contribution is -0.143. The molecular formula is C13H25NO7. The van der Waals surface area contributed by atoms with Crippen molar-refractivity contribution in [3.05, 3.63) is 0 Å². The van der Waals surface area contributed by atoms with E-state index in [1.54, 1.807) is 0 Å². The second-order valence-electron chi connectivity index (χ2n) is 4.38. The van der Waals surface area contributed by atoms with Crippen LogP contribution in [0.2, 0.25) is 0 Å². The van der Waals surface area contributed by atoms with Crippen molar-refractivity contribution in [2.75, 3.05) is 52.8 Å². The number of amides is 1. The monoisotopic (exact) mass is 307 g/mol. The van der Waals surface area contributed by atoms with Crippen LogP contribution in [0.4, 0.5) is 0 Å². The van der Waals surface area contributed by atoms with E-state index >= 15 is 0 Å². The molecule has 0 unspecified atom stereocenters. The molecule has 0 aliphatic rings. The average molecular weight is 307 g/mol. The Labute approximate surface area is 124 Å². The molecule has 0 radical (unpaired) electrons. The Morgan fingerprint density at radius 3 is 2.19 bits per heavy atom. The number of ether oxygens (including phenoxy) is 4. The second-order valence-corrected chi connectivity index (χ2v) is 4.38. The van der Waals surface area contributed by atoms with Crippen LogP contribution in [0.25, 0.3) is 0 Å². The van der Waals surface area contributed by atoms with Gasteiger partial charge in [0.25, 0.3) is 0 Å². The molecule has 0 bridgehead atoms. The van der Waals surface area contributed by atoms with E-state index in [0.29, 0.717) is 39.6 Å². The number of carboxylic acids is 1. The van der Waals surface area contributed by atoms with Gasteiger partial charge in [0, 0.05) is 6.54 Å². The standard InChI is InChI=1S/C13H25NO7/c1-11(2)21-8-7-19-6-5-18-4-3-14-12(15)9-20-10-13(16)17/h11H,3-10H2,1-2H3,(H,14,15)(H,16,17). The van der Waals surface area contributed by atoms with E-state index in [4.69, 9.17) is 19.3 Å². The SMILES string of the molecule is CC(C)OCCOCCOCCNC(=O)COCC(=O)O. The van der Waals surface area contributed by atoms with Crippen molar-refractivity contribution < 1.29 is 33.6 Å². The van der Waals surface area contributed by atoms with Crippen molar-refractivity contribution in [2.24, 2.45) is 0 Å². The molecule has 0 fully saturated rings. The van der Waals surface area contributed by atoms with Crippen molar-refractivity contribution in [3.63, 3.8) is 0 Å². The molecule has 0 saturated heterocycles. The van der Waals surface area contributed by atoms with Gasteiger partial charge in [-0.05, 0) is 13.8 Å². The van der Waals surface area contributed by atoms with Gasteiger partial charge in [-0.3, -0.25) is 4.79 Å². The van der Waals surface area contributed by atoms with Gasteiger partial charge in [0.1, 0.15) is 13.2 Å². The van der Waals surface area contributed by atoms with Gasteiger partial charge in [-0.15, -0.1) is 0 Å². The van der Waals surface area contributed by atoms with Gasteiger partial charge in [0.05, 0.1) is 39.1 Å². The number of hydrogen-bond donors (Lipinski definition) is 2. The van der Waals surface area contributed by atoms with Crippen LogP contribution < -0.4 is 5.32 Å². The lowest BCUT2D eigenvalue weighted by Gasteiger charge is -2.09. The number of aliphatic carboxylic acids is 1. The number of nitrogens with one attached hydrogen (secondary N) is 1. The Bertz CT molecular complexity index is 284. The number of carboxylic acid groups (broad SMARTS) is 1. The summed E-state index contributed by atoms with van der Waals surface area (Å²) in [5.41, 5.74) is 0. The molecule has 0 saturated carbocycles. The zero-order valence-electron chi connectivity index (χ0n) is 12.6. The van der Waals surface area contributed by atoms with Crippen LogP contribution in [0, 0.1) is 0 Å². The van der Waals surface area contributed by atoms with Crippen LogP contribution in [0.1, 0.15) is 13.8 Å². The number of carbonyl (C=O) groups is 2. The van der Waals surface area contributed by atoms with Crippen LogP contribution in [0.3, 0.4) is 0 Å². The molecule has 0 aromatic rings. The lowest BCUT2D eigenvalue weighted by Crippen LogP contribution is -2.31. The molecule has 0 heterocycles. The highest BCUT2D eigenvalue weighted by Gasteiger charge is 2.02. The summed E-state index contributed by atoms with van der Waals surface area (Å²) in [7, 11) is 0. The van der Waals surface area contributed by atoms with Gasteiger partial charge in [-0.25, -0.2) is 4.79 Å². The minimum Gasteiger partial charge on any atom is -0.480 e. The number of carbonyl (C=O) groups excluding carboxylic acids is 1. The Hall–Kier alpha value is -1.22. The Morgan fingerprint density at radius 2 is 1.57 bits per heavy atom. The quantitative estimate of drug-likeness (QED) is 0.423. The Kier molecular flexibility index (Phi) is 13.0. The van der Waals surface area contributed by atoms with Gasteiger partial charge in [-0.1, -0.05) is 0 Å². The van der Waals surface area contributed by atoms with Crippen LogP contribution >= 0.6 is 0 Å². The van der Waals surface area contributed by atoms with Crippen LogP contribution in [-0.4, -0.2) is 75.9 Å². The van der Waals surface area contributed by atoms with Gasteiger partial charge >= 0.3 is 5.97 Å². The molecule has 8 heteroatoms. The summed E-state index contributed by atoms with van der Waals surface area (Å²) in [5, 5.41) is 10.8. The summed E-state index contributed by atoms with van der Waals surface area (Å²) in [5.74, 6) is -1.48. The Balaban J connectivity index is 3.17. The first kappa shape index (κ1) is 19.8. The average Bonchev–Trinajstić information content (AvgIpc) is 2.40. The van der Waals surface area contributed by atoms with Crippen molar-refractivity contribution in [1.29, 1.82) is 0 Å². The molecule has 2 N–H and O–H groups in total. The third-order valence-corrected chi connectivity index (χ3v) is 2.08. The predicted octanol–water partition coefficient (Wildman–Crippen LogP) is -0.338. The minimum absolute atomic E-state index is 0.202. The maximum Gasteiger partial charge on any atom is 0.329 e. The molecule has 124 valence electrons. The summed E-state index contributed by atoms with van der Waals surface area (Å²) >= 11 is 0. The smallest absolute Gasteiger partial charge is 0.329 e. The molecule has 0 rings (SSSR count). The summed E-state index contributed by atoms with van der Waals surface area (Å²) in [6.07, 6.45) is 0.202. The van der Waals surface area contributed by atoms with Crippen LogP contribution in [0.5, 0.6) is 0 Å². The zero-order valence-corrected chi connectivity index (χ0v) is 12.6. The molecule has 0 aliphatic carbocycles. The van der Waals surface area contributed by atoms with Crippen molar-refractivity contribution in [3.8, 4) is 0 Å². The molecule has 8 nitrogen and oxygen atoms in total. The van der Waals surface area contributed by atoms with Gasteiger partial charge in [0.2, 0.25) is 5.91 Å². The summed E-state index contributed by atoms with van der Waals surface area (Å²) in [6, 6.07) is 0. The number of rotatable bonds is 14. The fourth-order valence-electron chi connectivity index (χ4n) is 1.21. The maximum atomic E-state index is 11.2. The molecule has 0 aromatic carbocycles. The van der Waals surface area contributed by atoms with E-state index in [1.165, 1.54) is 0 Å². The van der Waals surface area contributed by atoms with E-state index in [0.717, 1.165) is 0 Å². The van der Waals surface area contributed by atoms with E-state index in [-0.39, 0.29) is 18.6 Å². The van der Waals surface area contributed by atoms with E-state index in [1.807, 2.05) is 13.8 Å². The summed E-state index contributed by atoms with van der Waals surface area (Å²) in [6.45, 7) is 5.86.